The number of piperidine rings is 1. The molecule has 2 saturated heterocycles. The second kappa shape index (κ2) is 11.2. The molecule has 0 aliphatic carbocycles. The highest BCUT2D eigenvalue weighted by atomic mass is 35.5. The van der Waals surface area contributed by atoms with Crippen LogP contribution in [-0.2, 0) is 11.0 Å². The van der Waals surface area contributed by atoms with Gasteiger partial charge >= 0.3 is 6.18 Å². The van der Waals surface area contributed by atoms with E-state index in [9.17, 15) is 27.2 Å². The molecule has 228 valence electrons. The number of hydrogen-bond acceptors (Lipinski definition) is 5. The van der Waals surface area contributed by atoms with Crippen molar-refractivity contribution in [2.24, 2.45) is 0 Å². The molecule has 6 rings (SSSR count). The number of benzene rings is 2. The summed E-state index contributed by atoms with van der Waals surface area (Å²) in [6.07, 6.45) is -0.478. The number of Topliss-reactive ketones (excluding diaryl/α,β-unsaturated/α-hetero) is 1. The molecule has 4 heterocycles. The largest absolute Gasteiger partial charge is 0.416 e. The molecular weight excluding hydrogens is 621 g/mol. The van der Waals surface area contributed by atoms with Crippen LogP contribution in [0.3, 0.4) is 0 Å². The minimum Gasteiger partial charge on any atom is -0.358 e. The number of halogens is 6. The van der Waals surface area contributed by atoms with Gasteiger partial charge in [-0.3, -0.25) is 14.6 Å². The van der Waals surface area contributed by atoms with E-state index in [-0.39, 0.29) is 46.1 Å². The van der Waals surface area contributed by atoms with Crippen LogP contribution in [-0.4, -0.2) is 56.5 Å². The zero-order valence-electron chi connectivity index (χ0n) is 23.3. The molecule has 0 saturated carbocycles. The third-order valence-corrected chi connectivity index (χ3v) is 8.95. The molecule has 7 nitrogen and oxygen atoms in total. The Hall–Kier alpha value is -3.96. The number of anilines is 1. The Morgan fingerprint density at radius 2 is 1.70 bits per heavy atom. The van der Waals surface area contributed by atoms with Gasteiger partial charge in [-0.1, -0.05) is 23.2 Å². The van der Waals surface area contributed by atoms with Gasteiger partial charge in [0.15, 0.2) is 11.5 Å². The Balaban J connectivity index is 1.31. The summed E-state index contributed by atoms with van der Waals surface area (Å²) < 4.78 is 55.4. The lowest BCUT2D eigenvalue weighted by atomic mass is 9.83. The molecule has 0 N–H and O–H groups in total. The van der Waals surface area contributed by atoms with Gasteiger partial charge in [0.1, 0.15) is 17.0 Å². The molecular formula is C31H25Cl2F4N5O2. The molecule has 4 aromatic rings. The molecule has 0 bridgehead atoms. The molecule has 2 aliphatic rings. The second-order valence-corrected chi connectivity index (χ2v) is 11.8. The summed E-state index contributed by atoms with van der Waals surface area (Å²) in [7, 11) is 0. The van der Waals surface area contributed by atoms with Crippen LogP contribution in [0.2, 0.25) is 10.0 Å². The van der Waals surface area contributed by atoms with Gasteiger partial charge in [-0.2, -0.15) is 18.3 Å². The van der Waals surface area contributed by atoms with E-state index in [4.69, 9.17) is 23.2 Å². The van der Waals surface area contributed by atoms with E-state index in [2.05, 4.69) is 10.1 Å². The van der Waals surface area contributed by atoms with E-state index in [1.807, 2.05) is 4.90 Å². The normalized spacial score (nSPS) is 16.7. The van der Waals surface area contributed by atoms with Crippen LogP contribution in [0.25, 0.3) is 16.9 Å². The highest BCUT2D eigenvalue weighted by Crippen LogP contribution is 2.41. The van der Waals surface area contributed by atoms with Crippen molar-refractivity contribution in [3.63, 3.8) is 0 Å². The van der Waals surface area contributed by atoms with Crippen molar-refractivity contribution < 1.29 is 27.2 Å². The molecule has 0 radical (unpaired) electrons. The fourth-order valence-electron chi connectivity index (χ4n) is 6.08. The van der Waals surface area contributed by atoms with E-state index < -0.39 is 23.2 Å². The summed E-state index contributed by atoms with van der Waals surface area (Å²) in [6.45, 7) is 2.70. The molecule has 13 heteroatoms. The van der Waals surface area contributed by atoms with Crippen molar-refractivity contribution >= 4 is 40.6 Å². The number of amides is 1. The van der Waals surface area contributed by atoms with Crippen LogP contribution in [0.15, 0.2) is 60.9 Å². The highest BCUT2D eigenvalue weighted by Gasteiger charge is 2.50. The molecule has 2 aromatic heterocycles. The number of likely N-dealkylation sites (tertiary alicyclic amines) is 1. The smallest absolute Gasteiger partial charge is 0.358 e. The predicted molar refractivity (Wildman–Crippen MR) is 158 cm³/mol. The number of alkyl halides is 3. The average molecular weight is 646 g/mol. The topological polar surface area (TPSA) is 71.3 Å². The van der Waals surface area contributed by atoms with Crippen molar-refractivity contribution in [1.29, 1.82) is 0 Å². The molecule has 0 atom stereocenters. The summed E-state index contributed by atoms with van der Waals surface area (Å²) in [6, 6.07) is 11.2. The number of nitrogens with zero attached hydrogens (tertiary/aromatic N) is 5. The maximum absolute atomic E-state index is 14.0. The number of ketones is 1. The number of rotatable bonds is 4. The van der Waals surface area contributed by atoms with Crippen molar-refractivity contribution in [1.82, 2.24) is 19.7 Å². The standard InChI is InChI=1S/C31H25Cl2F4N5O2/c1-18-13-21(4-5-24(18)34)41-10-6-27(43)30(41)7-11-40(12-8-30)29(44)25-16-26(19-3-2-9-38-17-19)42(39-25)28-22(32)14-20(15-23(28)33)31(35,36)37/h2-5,9,13-17H,6-8,10-12H2,1H3. The van der Waals surface area contributed by atoms with Gasteiger partial charge in [-0.05, 0) is 73.9 Å². The third kappa shape index (κ3) is 5.21. The van der Waals surface area contributed by atoms with Gasteiger partial charge in [-0.25, -0.2) is 9.07 Å². The Kier molecular flexibility index (Phi) is 7.65. The van der Waals surface area contributed by atoms with Crippen LogP contribution < -0.4 is 4.90 Å². The monoisotopic (exact) mass is 645 g/mol. The van der Waals surface area contributed by atoms with E-state index in [1.165, 1.54) is 23.0 Å². The van der Waals surface area contributed by atoms with Gasteiger partial charge in [0.05, 0.1) is 21.3 Å². The Morgan fingerprint density at radius 3 is 2.32 bits per heavy atom. The molecule has 44 heavy (non-hydrogen) atoms. The average Bonchev–Trinajstić information content (AvgIpc) is 3.56. The minimum atomic E-state index is -4.67. The Morgan fingerprint density at radius 1 is 1.00 bits per heavy atom. The quantitative estimate of drug-likeness (QED) is 0.220. The maximum Gasteiger partial charge on any atom is 0.416 e. The van der Waals surface area contributed by atoms with Crippen molar-refractivity contribution in [2.75, 3.05) is 24.5 Å². The van der Waals surface area contributed by atoms with Gasteiger partial charge in [-0.15, -0.1) is 0 Å². The van der Waals surface area contributed by atoms with E-state index in [0.29, 0.717) is 42.6 Å². The molecule has 2 aliphatic heterocycles. The number of pyridine rings is 1. The van der Waals surface area contributed by atoms with Crippen molar-refractivity contribution in [2.45, 2.75) is 37.9 Å². The fourth-order valence-corrected chi connectivity index (χ4v) is 6.73. The van der Waals surface area contributed by atoms with Gasteiger partial charge in [0.2, 0.25) is 0 Å². The van der Waals surface area contributed by atoms with Crippen molar-refractivity contribution in [3.8, 4) is 16.9 Å². The van der Waals surface area contributed by atoms with Crippen LogP contribution in [0, 0.1) is 12.7 Å². The number of aryl methyl sites for hydroxylation is 1. The zero-order valence-corrected chi connectivity index (χ0v) is 24.8. The molecule has 2 fully saturated rings. The van der Waals surface area contributed by atoms with Crippen LogP contribution in [0.5, 0.6) is 0 Å². The summed E-state index contributed by atoms with van der Waals surface area (Å²) >= 11 is 12.6. The summed E-state index contributed by atoms with van der Waals surface area (Å²) in [5, 5.41) is 3.87. The second-order valence-electron chi connectivity index (χ2n) is 10.9. The molecule has 1 amide bonds. The van der Waals surface area contributed by atoms with Gasteiger partial charge in [0, 0.05) is 49.7 Å². The third-order valence-electron chi connectivity index (χ3n) is 8.37. The maximum atomic E-state index is 14.0. The number of carbonyl (C=O) groups is 2. The predicted octanol–water partition coefficient (Wildman–Crippen LogP) is 7.16. The van der Waals surface area contributed by atoms with E-state index in [0.717, 1.165) is 17.8 Å². The lowest BCUT2D eigenvalue weighted by molar-refractivity contribution is -0.137. The van der Waals surface area contributed by atoms with E-state index >= 15 is 0 Å². The van der Waals surface area contributed by atoms with Crippen LogP contribution in [0.4, 0.5) is 23.2 Å². The first-order valence-corrected chi connectivity index (χ1v) is 14.6. The molecule has 2 aromatic carbocycles. The highest BCUT2D eigenvalue weighted by molar-refractivity contribution is 6.38. The minimum absolute atomic E-state index is 0.0152. The van der Waals surface area contributed by atoms with E-state index in [1.54, 1.807) is 42.3 Å². The van der Waals surface area contributed by atoms with Gasteiger partial charge < -0.3 is 9.80 Å². The number of hydrogen-bond donors (Lipinski definition) is 0. The Labute approximate surface area is 260 Å². The lowest BCUT2D eigenvalue weighted by Gasteiger charge is -2.44. The first-order valence-electron chi connectivity index (χ1n) is 13.8. The molecule has 0 unspecified atom stereocenters. The first kappa shape index (κ1) is 30.1. The SMILES string of the molecule is Cc1cc(N2CCC(=O)C23CCN(C(=O)c2cc(-c4cccnc4)n(-c4c(Cl)cc(C(F)(F)F)cc4Cl)n2)CC3)ccc1F. The molecule has 1 spiro atoms. The first-order chi connectivity index (χ1) is 20.9. The number of carbonyl (C=O) groups excluding carboxylic acids is 2. The Bertz CT molecular complexity index is 1750. The van der Waals surface area contributed by atoms with Crippen LogP contribution in [0.1, 0.15) is 40.9 Å². The van der Waals surface area contributed by atoms with Crippen molar-refractivity contribution in [3.05, 3.63) is 93.6 Å². The zero-order chi connectivity index (χ0) is 31.4. The van der Waals surface area contributed by atoms with Gasteiger partial charge in [0.25, 0.3) is 5.91 Å². The number of aromatic nitrogens is 3. The lowest BCUT2D eigenvalue weighted by Crippen LogP contribution is -2.56. The summed E-state index contributed by atoms with van der Waals surface area (Å²) in [4.78, 5) is 34.7. The fraction of sp³-hybridized carbons (Fsp3) is 0.290. The summed E-state index contributed by atoms with van der Waals surface area (Å²) in [5.41, 5.74) is 0.318. The van der Waals surface area contributed by atoms with Crippen LogP contribution >= 0.6 is 23.2 Å². The summed E-state index contributed by atoms with van der Waals surface area (Å²) in [5.74, 6) is -0.656.